The van der Waals surface area contributed by atoms with Crippen LogP contribution in [0.3, 0.4) is 0 Å². The lowest BCUT2D eigenvalue weighted by Crippen LogP contribution is -2.28. The number of aromatic amines is 1. The normalized spacial score (nSPS) is 12.2. The zero-order valence-corrected chi connectivity index (χ0v) is 13.8. The number of rotatable bonds is 6. The third kappa shape index (κ3) is 4.13. The summed E-state index contributed by atoms with van der Waals surface area (Å²) in [6.07, 6.45) is 0. The average molecular weight is 325 g/mol. The predicted octanol–water partition coefficient (Wildman–Crippen LogP) is 3.67. The first-order chi connectivity index (χ1) is 11.2. The number of fused-ring (bicyclic) bond motifs is 1. The summed E-state index contributed by atoms with van der Waals surface area (Å²) in [5.74, 6) is 2.10. The standard InChI is InChI=1S/C18H19N3OS/c1-13(18-20-15-9-5-6-10-16(15)21-18)19-17(22)12-23-11-14-7-3-2-4-8-14/h2-10,13H,11-12H2,1H3,(H,19,22)(H,20,21)/t13-/m0/s1. The van der Waals surface area contributed by atoms with Gasteiger partial charge in [-0.2, -0.15) is 0 Å². The molecule has 1 heterocycles. The zero-order valence-electron chi connectivity index (χ0n) is 13.0. The quantitative estimate of drug-likeness (QED) is 0.727. The van der Waals surface area contributed by atoms with Crippen molar-refractivity contribution in [2.24, 2.45) is 0 Å². The third-order valence-corrected chi connectivity index (χ3v) is 4.54. The lowest BCUT2D eigenvalue weighted by atomic mass is 10.2. The minimum atomic E-state index is -0.132. The number of H-pyrrole nitrogens is 1. The number of nitrogens with one attached hydrogen (secondary N) is 2. The molecular weight excluding hydrogens is 306 g/mol. The SMILES string of the molecule is C[C@H](NC(=O)CSCc1ccccc1)c1nc2ccccc2[nH]1. The van der Waals surface area contributed by atoms with Crippen LogP contribution in [0.1, 0.15) is 24.4 Å². The van der Waals surface area contributed by atoms with Crippen molar-refractivity contribution < 1.29 is 4.79 Å². The highest BCUT2D eigenvalue weighted by molar-refractivity contribution is 7.99. The number of carbonyl (C=O) groups excluding carboxylic acids is 1. The summed E-state index contributed by atoms with van der Waals surface area (Å²) in [5.41, 5.74) is 3.14. The molecule has 4 nitrogen and oxygen atoms in total. The van der Waals surface area contributed by atoms with Gasteiger partial charge in [-0.25, -0.2) is 4.98 Å². The Kier molecular flexibility index (Phi) is 4.98. The third-order valence-electron chi connectivity index (χ3n) is 3.54. The second-order valence-corrected chi connectivity index (χ2v) is 6.39. The van der Waals surface area contributed by atoms with Crippen molar-refractivity contribution in [1.82, 2.24) is 15.3 Å². The van der Waals surface area contributed by atoms with Gasteiger partial charge in [0, 0.05) is 5.75 Å². The maximum Gasteiger partial charge on any atom is 0.230 e. The smallest absolute Gasteiger partial charge is 0.230 e. The van der Waals surface area contributed by atoms with Gasteiger partial charge in [-0.15, -0.1) is 11.8 Å². The van der Waals surface area contributed by atoms with E-state index in [-0.39, 0.29) is 11.9 Å². The van der Waals surface area contributed by atoms with Gasteiger partial charge >= 0.3 is 0 Å². The maximum absolute atomic E-state index is 12.1. The topological polar surface area (TPSA) is 57.8 Å². The molecule has 3 aromatic rings. The molecule has 2 N–H and O–H groups in total. The van der Waals surface area contributed by atoms with Crippen LogP contribution >= 0.6 is 11.8 Å². The van der Waals surface area contributed by atoms with Crippen molar-refractivity contribution >= 4 is 28.7 Å². The minimum absolute atomic E-state index is 0.0267. The molecule has 1 amide bonds. The molecule has 0 saturated carbocycles. The summed E-state index contributed by atoms with van der Waals surface area (Å²) in [5, 5.41) is 2.99. The number of aromatic nitrogens is 2. The van der Waals surface area contributed by atoms with Crippen LogP contribution in [0.25, 0.3) is 11.0 Å². The molecular formula is C18H19N3OS. The van der Waals surface area contributed by atoms with Crippen molar-refractivity contribution in [3.05, 3.63) is 66.0 Å². The predicted molar refractivity (Wildman–Crippen MR) is 95.3 cm³/mol. The number of para-hydroxylation sites is 2. The van der Waals surface area contributed by atoms with Crippen LogP contribution in [0.2, 0.25) is 0 Å². The van der Waals surface area contributed by atoms with Crippen molar-refractivity contribution in [3.63, 3.8) is 0 Å². The Labute approximate surface area is 139 Å². The second kappa shape index (κ2) is 7.33. The van der Waals surface area contributed by atoms with E-state index in [2.05, 4.69) is 27.4 Å². The van der Waals surface area contributed by atoms with Gasteiger partial charge in [-0.3, -0.25) is 4.79 Å². The first kappa shape index (κ1) is 15.6. The summed E-state index contributed by atoms with van der Waals surface area (Å²) in [7, 11) is 0. The summed E-state index contributed by atoms with van der Waals surface area (Å²) in [6.45, 7) is 1.94. The van der Waals surface area contributed by atoms with Crippen LogP contribution in [0.15, 0.2) is 54.6 Å². The average Bonchev–Trinajstić information content (AvgIpc) is 3.00. The summed E-state index contributed by atoms with van der Waals surface area (Å²) < 4.78 is 0. The lowest BCUT2D eigenvalue weighted by molar-refractivity contribution is -0.119. The molecule has 5 heteroatoms. The number of hydrogen-bond acceptors (Lipinski definition) is 3. The first-order valence-corrected chi connectivity index (χ1v) is 8.73. The molecule has 0 bridgehead atoms. The Morgan fingerprint density at radius 2 is 1.91 bits per heavy atom. The van der Waals surface area contributed by atoms with Crippen molar-refractivity contribution in [2.45, 2.75) is 18.7 Å². The van der Waals surface area contributed by atoms with Gasteiger partial charge in [0.2, 0.25) is 5.91 Å². The van der Waals surface area contributed by atoms with Gasteiger partial charge in [0.1, 0.15) is 5.82 Å². The van der Waals surface area contributed by atoms with E-state index < -0.39 is 0 Å². The fourth-order valence-electron chi connectivity index (χ4n) is 2.36. The number of thioether (sulfide) groups is 1. The van der Waals surface area contributed by atoms with E-state index in [1.165, 1.54) is 5.56 Å². The molecule has 0 saturated heterocycles. The van der Waals surface area contributed by atoms with Crippen LogP contribution in [0.4, 0.5) is 0 Å². The molecule has 0 radical (unpaired) electrons. The highest BCUT2D eigenvalue weighted by Gasteiger charge is 2.13. The molecule has 0 aliphatic rings. The van der Waals surface area contributed by atoms with Crippen LogP contribution in [0, 0.1) is 0 Å². The number of amides is 1. The molecule has 1 atom stereocenters. The number of imidazole rings is 1. The maximum atomic E-state index is 12.1. The summed E-state index contributed by atoms with van der Waals surface area (Å²) in [4.78, 5) is 19.8. The summed E-state index contributed by atoms with van der Waals surface area (Å²) in [6, 6.07) is 17.9. The van der Waals surface area contributed by atoms with Crippen molar-refractivity contribution in [3.8, 4) is 0 Å². The minimum Gasteiger partial charge on any atom is -0.346 e. The fraction of sp³-hybridized carbons (Fsp3) is 0.222. The molecule has 0 aliphatic carbocycles. The number of hydrogen-bond donors (Lipinski definition) is 2. The Bertz CT molecular complexity index is 752. The van der Waals surface area contributed by atoms with Crippen LogP contribution < -0.4 is 5.32 Å². The van der Waals surface area contributed by atoms with E-state index in [4.69, 9.17) is 0 Å². The van der Waals surface area contributed by atoms with Crippen molar-refractivity contribution in [1.29, 1.82) is 0 Å². The van der Waals surface area contributed by atoms with Crippen LogP contribution in [0.5, 0.6) is 0 Å². The van der Waals surface area contributed by atoms with E-state index >= 15 is 0 Å². The van der Waals surface area contributed by atoms with Crippen LogP contribution in [-0.2, 0) is 10.5 Å². The highest BCUT2D eigenvalue weighted by atomic mass is 32.2. The molecule has 118 valence electrons. The zero-order chi connectivity index (χ0) is 16.1. The Morgan fingerprint density at radius 1 is 1.17 bits per heavy atom. The first-order valence-electron chi connectivity index (χ1n) is 7.58. The van der Waals surface area contributed by atoms with Crippen molar-refractivity contribution in [2.75, 3.05) is 5.75 Å². The monoisotopic (exact) mass is 325 g/mol. The number of carbonyl (C=O) groups is 1. The Hall–Kier alpha value is -2.27. The lowest BCUT2D eigenvalue weighted by Gasteiger charge is -2.11. The Morgan fingerprint density at radius 3 is 2.70 bits per heavy atom. The van der Waals surface area contributed by atoms with Gasteiger partial charge in [0.05, 0.1) is 22.8 Å². The fourth-order valence-corrected chi connectivity index (χ4v) is 3.16. The van der Waals surface area contributed by atoms with Gasteiger partial charge in [-0.05, 0) is 24.6 Å². The second-order valence-electron chi connectivity index (χ2n) is 5.41. The van der Waals surface area contributed by atoms with Gasteiger partial charge in [0.15, 0.2) is 0 Å². The van der Waals surface area contributed by atoms with E-state index in [0.29, 0.717) is 5.75 Å². The van der Waals surface area contributed by atoms with E-state index in [1.54, 1.807) is 11.8 Å². The van der Waals surface area contributed by atoms with E-state index in [9.17, 15) is 4.79 Å². The van der Waals surface area contributed by atoms with E-state index in [1.807, 2.05) is 49.4 Å². The number of benzene rings is 2. The molecule has 1 aromatic heterocycles. The molecule has 2 aromatic carbocycles. The molecule has 0 spiro atoms. The molecule has 0 fully saturated rings. The van der Waals surface area contributed by atoms with Gasteiger partial charge < -0.3 is 10.3 Å². The highest BCUT2D eigenvalue weighted by Crippen LogP contribution is 2.16. The number of nitrogens with zero attached hydrogens (tertiary/aromatic N) is 1. The molecule has 0 aliphatic heterocycles. The Balaban J connectivity index is 1.51. The van der Waals surface area contributed by atoms with Gasteiger partial charge in [-0.1, -0.05) is 42.5 Å². The van der Waals surface area contributed by atoms with Crippen LogP contribution in [-0.4, -0.2) is 21.6 Å². The largest absolute Gasteiger partial charge is 0.346 e. The molecule has 23 heavy (non-hydrogen) atoms. The molecule has 3 rings (SSSR count). The van der Waals surface area contributed by atoms with Gasteiger partial charge in [0.25, 0.3) is 0 Å². The van der Waals surface area contributed by atoms with E-state index in [0.717, 1.165) is 22.6 Å². The molecule has 0 unspecified atom stereocenters. The summed E-state index contributed by atoms with van der Waals surface area (Å²) >= 11 is 1.61.